The molecule has 0 radical (unpaired) electrons. The van der Waals surface area contributed by atoms with Crippen LogP contribution in [0.15, 0.2) is 0 Å². The summed E-state index contributed by atoms with van der Waals surface area (Å²) in [7, 11) is 3.73. The van der Waals surface area contributed by atoms with E-state index in [-0.39, 0.29) is 12.5 Å². The van der Waals surface area contributed by atoms with Gasteiger partial charge >= 0.3 is 5.97 Å². The van der Waals surface area contributed by atoms with Crippen LogP contribution >= 0.6 is 0 Å². The molecule has 0 aromatic carbocycles. The molecule has 2 rings (SSSR count). The first-order chi connectivity index (χ1) is 17.9. The van der Waals surface area contributed by atoms with Gasteiger partial charge in [0.25, 0.3) is 0 Å². The molecule has 2 fully saturated rings. The van der Waals surface area contributed by atoms with E-state index in [1.54, 1.807) is 41.5 Å². The fourth-order valence-corrected chi connectivity index (χ4v) is 6.51. The Labute approximate surface area is 234 Å². The number of aliphatic hydroxyl groups excluding tert-OH is 4. The molecule has 5 N–H and O–H groups in total. The molecule has 0 bridgehead atoms. The standard InChI is InChI=1S/C29H55NO9/c1-11-21-15(3)24(32)16(4)23(31)14(2)13-29(8,36)27(34)17(5)26(18(6)28(35)38-21)39-22-12-20(30(9)10)25(33)19(7)37-22/h14-27,31-34,36H,11-13H2,1-10H3/t14-,15+,16+,17+,18-,19-,20?,21-,22+,23?,24+,25?,26+,27-,29-/m1/s1. The molecule has 2 saturated heterocycles. The third kappa shape index (κ3) is 7.92. The molecule has 0 amide bonds. The van der Waals surface area contributed by atoms with E-state index in [0.717, 1.165) is 0 Å². The van der Waals surface area contributed by atoms with E-state index in [9.17, 15) is 30.3 Å². The predicted molar refractivity (Wildman–Crippen MR) is 147 cm³/mol. The second kappa shape index (κ2) is 13.9. The fraction of sp³-hybridized carbons (Fsp3) is 0.966. The number of ether oxygens (including phenoxy) is 3. The summed E-state index contributed by atoms with van der Waals surface area (Å²) >= 11 is 0. The van der Waals surface area contributed by atoms with Crippen LogP contribution in [0.5, 0.6) is 0 Å². The lowest BCUT2D eigenvalue weighted by atomic mass is 9.74. The van der Waals surface area contributed by atoms with Gasteiger partial charge in [0, 0.05) is 30.2 Å². The van der Waals surface area contributed by atoms with Crippen LogP contribution in [0.1, 0.15) is 74.7 Å². The number of carbonyl (C=O) groups excluding carboxylic acids is 1. The summed E-state index contributed by atoms with van der Waals surface area (Å²) < 4.78 is 18.3. The minimum Gasteiger partial charge on any atom is -0.462 e. The van der Waals surface area contributed by atoms with Crippen molar-refractivity contribution in [2.24, 2.45) is 29.6 Å². The number of likely N-dealkylation sites (N-methyl/N-ethyl adjacent to an activating group) is 1. The van der Waals surface area contributed by atoms with Gasteiger partial charge in [0.15, 0.2) is 6.29 Å². The second-order valence-corrected chi connectivity index (χ2v) is 12.8. The van der Waals surface area contributed by atoms with E-state index in [4.69, 9.17) is 14.2 Å². The maximum absolute atomic E-state index is 13.5. The van der Waals surface area contributed by atoms with E-state index < -0.39 is 90.2 Å². The topological polar surface area (TPSA) is 149 Å². The van der Waals surface area contributed by atoms with Crippen molar-refractivity contribution in [3.05, 3.63) is 0 Å². The van der Waals surface area contributed by atoms with Crippen molar-refractivity contribution < 1.29 is 44.5 Å². The third-order valence-electron chi connectivity index (χ3n) is 9.36. The summed E-state index contributed by atoms with van der Waals surface area (Å²) in [6.07, 6.45) is -5.82. The van der Waals surface area contributed by atoms with Crippen molar-refractivity contribution in [1.82, 2.24) is 4.90 Å². The average molecular weight is 562 g/mol. The van der Waals surface area contributed by atoms with Crippen molar-refractivity contribution >= 4 is 5.97 Å². The maximum atomic E-state index is 13.5. The first kappa shape index (κ1) is 34.4. The van der Waals surface area contributed by atoms with Gasteiger partial charge in [-0.15, -0.1) is 0 Å². The number of rotatable bonds is 4. The molecule has 10 heteroatoms. The highest BCUT2D eigenvalue weighted by molar-refractivity contribution is 5.73. The third-order valence-corrected chi connectivity index (χ3v) is 9.36. The van der Waals surface area contributed by atoms with Gasteiger partial charge in [0.05, 0.1) is 48.1 Å². The summed E-state index contributed by atoms with van der Waals surface area (Å²) in [5.41, 5.74) is -1.62. The molecule has 0 aromatic heterocycles. The smallest absolute Gasteiger partial charge is 0.311 e. The molecule has 0 saturated carbocycles. The lowest BCUT2D eigenvalue weighted by Gasteiger charge is -2.45. The highest BCUT2D eigenvalue weighted by atomic mass is 16.7. The molecule has 230 valence electrons. The first-order valence-corrected chi connectivity index (χ1v) is 14.6. The molecular weight excluding hydrogens is 506 g/mol. The Balaban J connectivity index is 2.47. The minimum absolute atomic E-state index is 0.0692. The summed E-state index contributed by atoms with van der Waals surface area (Å²) in [4.78, 5) is 15.4. The predicted octanol–water partition coefficient (Wildman–Crippen LogP) is 1.54. The van der Waals surface area contributed by atoms with Gasteiger partial charge in [-0.3, -0.25) is 4.79 Å². The van der Waals surface area contributed by atoms with Gasteiger partial charge in [0.2, 0.25) is 0 Å². The highest BCUT2D eigenvalue weighted by Gasteiger charge is 2.47. The molecule has 2 aliphatic rings. The van der Waals surface area contributed by atoms with Crippen LogP contribution in [0.4, 0.5) is 0 Å². The summed E-state index contributed by atoms with van der Waals surface area (Å²) in [6, 6.07) is -0.237. The summed E-state index contributed by atoms with van der Waals surface area (Å²) in [6.45, 7) is 13.9. The number of hydrogen-bond donors (Lipinski definition) is 5. The zero-order chi connectivity index (χ0) is 30.0. The van der Waals surface area contributed by atoms with E-state index in [1.165, 1.54) is 6.92 Å². The lowest BCUT2D eigenvalue weighted by Crippen LogP contribution is -2.56. The van der Waals surface area contributed by atoms with Crippen molar-refractivity contribution in [1.29, 1.82) is 0 Å². The molecule has 3 unspecified atom stereocenters. The van der Waals surface area contributed by atoms with Crippen molar-refractivity contribution in [3.63, 3.8) is 0 Å². The largest absolute Gasteiger partial charge is 0.462 e. The number of cyclic esters (lactones) is 1. The Bertz CT molecular complexity index is 780. The number of aliphatic hydroxyl groups is 5. The highest BCUT2D eigenvalue weighted by Crippen LogP contribution is 2.36. The maximum Gasteiger partial charge on any atom is 0.311 e. The van der Waals surface area contributed by atoms with Crippen LogP contribution in [0.2, 0.25) is 0 Å². The minimum atomic E-state index is -1.62. The van der Waals surface area contributed by atoms with Crippen LogP contribution in [0.3, 0.4) is 0 Å². The Morgan fingerprint density at radius 2 is 1.54 bits per heavy atom. The van der Waals surface area contributed by atoms with Crippen molar-refractivity contribution in [2.75, 3.05) is 14.1 Å². The normalized spacial score (nSPS) is 49.4. The number of carbonyl (C=O) groups is 1. The molecule has 15 atom stereocenters. The SMILES string of the molecule is CC[C@H]1OC(=O)[C@H](C)[C@@H](O[C@H]2CC(N(C)C)C(O)[C@@H](C)O2)[C@H](C)[C@@H](O)[C@](C)(O)C[C@@H](C)C(O)[C@H](C)[C@@H](O)[C@H]1C. The van der Waals surface area contributed by atoms with Crippen LogP contribution in [0, 0.1) is 29.6 Å². The van der Waals surface area contributed by atoms with E-state index in [2.05, 4.69) is 0 Å². The van der Waals surface area contributed by atoms with Crippen molar-refractivity contribution in [2.45, 2.75) is 135 Å². The molecule has 39 heavy (non-hydrogen) atoms. The molecule has 2 aliphatic heterocycles. The average Bonchev–Trinajstić information content (AvgIpc) is 2.87. The Morgan fingerprint density at radius 3 is 2.08 bits per heavy atom. The second-order valence-electron chi connectivity index (χ2n) is 12.8. The lowest BCUT2D eigenvalue weighted by molar-refractivity contribution is -0.268. The van der Waals surface area contributed by atoms with Gasteiger partial charge in [-0.25, -0.2) is 0 Å². The van der Waals surface area contributed by atoms with E-state index >= 15 is 0 Å². The monoisotopic (exact) mass is 561 g/mol. The molecule has 0 spiro atoms. The molecule has 0 aromatic rings. The van der Waals surface area contributed by atoms with Crippen LogP contribution in [-0.2, 0) is 19.0 Å². The van der Waals surface area contributed by atoms with E-state index in [0.29, 0.717) is 12.8 Å². The number of hydrogen-bond acceptors (Lipinski definition) is 10. The van der Waals surface area contributed by atoms with Gasteiger partial charge in [-0.2, -0.15) is 0 Å². The van der Waals surface area contributed by atoms with Crippen LogP contribution in [0.25, 0.3) is 0 Å². The molecule has 0 aliphatic carbocycles. The van der Waals surface area contributed by atoms with Gasteiger partial charge in [-0.1, -0.05) is 34.6 Å². The van der Waals surface area contributed by atoms with Gasteiger partial charge < -0.3 is 44.6 Å². The zero-order valence-corrected chi connectivity index (χ0v) is 25.5. The van der Waals surface area contributed by atoms with Gasteiger partial charge in [0.1, 0.15) is 6.10 Å². The Hall–Kier alpha value is -0.850. The van der Waals surface area contributed by atoms with Gasteiger partial charge in [-0.05, 0) is 53.6 Å². The summed E-state index contributed by atoms with van der Waals surface area (Å²) in [5.74, 6) is -3.54. The quantitative estimate of drug-likeness (QED) is 0.320. The van der Waals surface area contributed by atoms with Crippen LogP contribution < -0.4 is 0 Å². The number of nitrogens with zero attached hydrogens (tertiary/aromatic N) is 1. The molecule has 10 nitrogen and oxygen atoms in total. The Kier molecular flexibility index (Phi) is 12.2. The zero-order valence-electron chi connectivity index (χ0n) is 25.5. The Morgan fingerprint density at radius 1 is 0.949 bits per heavy atom. The number of esters is 1. The first-order valence-electron chi connectivity index (χ1n) is 14.6. The molecular formula is C29H55NO9. The van der Waals surface area contributed by atoms with E-state index in [1.807, 2.05) is 25.9 Å². The summed E-state index contributed by atoms with van der Waals surface area (Å²) in [5, 5.41) is 55.5. The fourth-order valence-electron chi connectivity index (χ4n) is 6.51. The molecule has 2 heterocycles. The van der Waals surface area contributed by atoms with Crippen molar-refractivity contribution in [3.8, 4) is 0 Å². The van der Waals surface area contributed by atoms with Crippen LogP contribution in [-0.4, -0.2) is 111 Å².